The summed E-state index contributed by atoms with van der Waals surface area (Å²) in [5.74, 6) is -1.68. The summed E-state index contributed by atoms with van der Waals surface area (Å²) in [6.07, 6.45) is 0.121. The molecule has 1 aromatic carbocycles. The Morgan fingerprint density at radius 2 is 2.09 bits per heavy atom. The Kier molecular flexibility index (Phi) is 5.18. The van der Waals surface area contributed by atoms with Gasteiger partial charge in [0.2, 0.25) is 11.6 Å². The quantitative estimate of drug-likeness (QED) is 0.775. The zero-order valence-electron chi connectivity index (χ0n) is 13.1. The van der Waals surface area contributed by atoms with Crippen LogP contribution in [0.5, 0.6) is 5.75 Å². The van der Waals surface area contributed by atoms with Crippen molar-refractivity contribution in [2.45, 2.75) is 24.9 Å². The van der Waals surface area contributed by atoms with Gasteiger partial charge in [0, 0.05) is 19.4 Å². The number of rotatable bonds is 5. The second-order valence-electron chi connectivity index (χ2n) is 5.46. The molecule has 1 unspecified atom stereocenters. The van der Waals surface area contributed by atoms with Crippen molar-refractivity contribution in [3.8, 4) is 5.75 Å². The van der Waals surface area contributed by atoms with Crippen molar-refractivity contribution >= 4 is 11.9 Å². The molecule has 1 saturated heterocycles. The fraction of sp³-hybridized carbons (Fsp3) is 0.500. The molecule has 1 fully saturated rings. The Bertz CT molecular complexity index is 608. The molecule has 1 aliphatic rings. The van der Waals surface area contributed by atoms with Crippen LogP contribution in [0.3, 0.4) is 0 Å². The Morgan fingerprint density at radius 3 is 2.74 bits per heavy atom. The number of likely N-dealkylation sites (tertiary alicyclic amines) is 1. The minimum Gasteiger partial charge on any atom is -0.494 e. The number of halogens is 2. The Labute approximate surface area is 133 Å². The minimum atomic E-state index is -2.15. The highest BCUT2D eigenvalue weighted by Crippen LogP contribution is 2.28. The highest BCUT2D eigenvalue weighted by atomic mass is 19.1. The molecule has 1 heterocycles. The lowest BCUT2D eigenvalue weighted by atomic mass is 10.1. The molecular formula is C16H19F2NO4. The first-order valence-corrected chi connectivity index (χ1v) is 7.28. The van der Waals surface area contributed by atoms with Gasteiger partial charge in [-0.1, -0.05) is 12.1 Å². The Hall–Kier alpha value is -2.18. The van der Waals surface area contributed by atoms with E-state index in [-0.39, 0.29) is 44.0 Å². The average molecular weight is 327 g/mol. The third-order valence-electron chi connectivity index (χ3n) is 3.99. The molecule has 1 atom stereocenters. The smallest absolute Gasteiger partial charge is 0.345 e. The zero-order valence-corrected chi connectivity index (χ0v) is 13.1. The van der Waals surface area contributed by atoms with Crippen LogP contribution in [-0.4, -0.2) is 49.8 Å². The summed E-state index contributed by atoms with van der Waals surface area (Å²) in [5.41, 5.74) is -1.79. The van der Waals surface area contributed by atoms with Gasteiger partial charge in [-0.2, -0.15) is 0 Å². The van der Waals surface area contributed by atoms with Gasteiger partial charge in [0.1, 0.15) is 0 Å². The number of benzene rings is 1. The van der Waals surface area contributed by atoms with E-state index in [9.17, 15) is 18.4 Å². The summed E-state index contributed by atoms with van der Waals surface area (Å²) in [6.45, 7) is -0.176. The maximum absolute atomic E-state index is 14.3. The minimum absolute atomic E-state index is 0.0291. The molecule has 0 aliphatic carbocycles. The summed E-state index contributed by atoms with van der Waals surface area (Å²) < 4.78 is 37.6. The van der Waals surface area contributed by atoms with Crippen LogP contribution in [0.15, 0.2) is 18.2 Å². The van der Waals surface area contributed by atoms with Crippen LogP contribution in [0.2, 0.25) is 0 Å². The van der Waals surface area contributed by atoms with E-state index in [0.717, 1.165) is 7.11 Å². The summed E-state index contributed by atoms with van der Waals surface area (Å²) >= 11 is 0. The molecule has 0 spiro atoms. The van der Waals surface area contributed by atoms with Crippen molar-refractivity contribution in [3.05, 3.63) is 29.6 Å². The van der Waals surface area contributed by atoms with Crippen molar-refractivity contribution in [1.29, 1.82) is 0 Å². The van der Waals surface area contributed by atoms with E-state index in [1.165, 1.54) is 18.1 Å². The van der Waals surface area contributed by atoms with Crippen LogP contribution < -0.4 is 4.74 Å². The molecule has 1 aromatic rings. The largest absolute Gasteiger partial charge is 0.494 e. The van der Waals surface area contributed by atoms with Crippen molar-refractivity contribution in [3.63, 3.8) is 0 Å². The van der Waals surface area contributed by atoms with Crippen LogP contribution in [-0.2, 0) is 20.7 Å². The predicted molar refractivity (Wildman–Crippen MR) is 78.3 cm³/mol. The monoisotopic (exact) mass is 327 g/mol. The molecule has 23 heavy (non-hydrogen) atoms. The molecule has 1 amide bonds. The fourth-order valence-corrected chi connectivity index (χ4v) is 2.64. The van der Waals surface area contributed by atoms with Crippen molar-refractivity contribution < 1.29 is 27.8 Å². The van der Waals surface area contributed by atoms with Gasteiger partial charge in [0.15, 0.2) is 11.6 Å². The number of esters is 1. The predicted octanol–water partition coefficient (Wildman–Crippen LogP) is 1.88. The zero-order chi connectivity index (χ0) is 17.0. The van der Waals surface area contributed by atoms with Gasteiger partial charge in [0.05, 0.1) is 20.8 Å². The molecule has 0 aromatic heterocycles. The van der Waals surface area contributed by atoms with E-state index in [0.29, 0.717) is 5.56 Å². The third-order valence-corrected chi connectivity index (χ3v) is 3.99. The number of methoxy groups -OCH3 is 2. The standard InChI is InChI=1S/C16H19F2NO4/c1-22-12-5-3-4-11(14(12)17)6-7-13(20)19-9-8-16(18,10-19)15(21)23-2/h3-5H,6-10H2,1-2H3. The highest BCUT2D eigenvalue weighted by molar-refractivity contribution is 5.83. The number of aryl methyl sites for hydroxylation is 1. The molecule has 0 bridgehead atoms. The van der Waals surface area contributed by atoms with Crippen molar-refractivity contribution in [1.82, 2.24) is 4.90 Å². The van der Waals surface area contributed by atoms with E-state index in [1.54, 1.807) is 12.1 Å². The molecule has 0 N–H and O–H groups in total. The summed E-state index contributed by atoms with van der Waals surface area (Å²) in [4.78, 5) is 24.8. The molecule has 7 heteroatoms. The van der Waals surface area contributed by atoms with E-state index in [1.807, 2.05) is 0 Å². The number of ether oxygens (including phenoxy) is 2. The maximum atomic E-state index is 14.3. The summed E-state index contributed by atoms with van der Waals surface area (Å²) in [7, 11) is 2.48. The van der Waals surface area contributed by atoms with Gasteiger partial charge in [-0.05, 0) is 18.1 Å². The number of carbonyl (C=O) groups excluding carboxylic acids is 2. The second-order valence-corrected chi connectivity index (χ2v) is 5.46. The fourth-order valence-electron chi connectivity index (χ4n) is 2.64. The second kappa shape index (κ2) is 6.93. The van der Waals surface area contributed by atoms with Crippen molar-refractivity contribution in [2.75, 3.05) is 27.3 Å². The first kappa shape index (κ1) is 17.2. The van der Waals surface area contributed by atoms with Gasteiger partial charge >= 0.3 is 5.97 Å². The molecule has 0 saturated carbocycles. The number of nitrogens with zero attached hydrogens (tertiary/aromatic N) is 1. The van der Waals surface area contributed by atoms with Gasteiger partial charge in [-0.3, -0.25) is 4.79 Å². The number of amides is 1. The van der Waals surface area contributed by atoms with Crippen LogP contribution in [0.1, 0.15) is 18.4 Å². The normalized spacial score (nSPS) is 20.4. The van der Waals surface area contributed by atoms with Gasteiger partial charge in [-0.15, -0.1) is 0 Å². The van der Waals surface area contributed by atoms with Crippen LogP contribution >= 0.6 is 0 Å². The van der Waals surface area contributed by atoms with E-state index < -0.39 is 17.5 Å². The first-order valence-electron chi connectivity index (χ1n) is 7.28. The first-order chi connectivity index (χ1) is 10.9. The lowest BCUT2D eigenvalue weighted by Crippen LogP contribution is -2.39. The molecule has 1 aliphatic heterocycles. The van der Waals surface area contributed by atoms with Crippen LogP contribution in [0.4, 0.5) is 8.78 Å². The maximum Gasteiger partial charge on any atom is 0.345 e. The number of hydrogen-bond donors (Lipinski definition) is 0. The lowest BCUT2D eigenvalue weighted by molar-refractivity contribution is -0.154. The van der Waals surface area contributed by atoms with Crippen LogP contribution in [0.25, 0.3) is 0 Å². The topological polar surface area (TPSA) is 55.8 Å². The highest BCUT2D eigenvalue weighted by Gasteiger charge is 2.47. The number of carbonyl (C=O) groups is 2. The third kappa shape index (κ3) is 3.60. The Morgan fingerprint density at radius 1 is 1.35 bits per heavy atom. The molecule has 0 radical (unpaired) electrons. The van der Waals surface area contributed by atoms with Crippen LogP contribution in [0, 0.1) is 5.82 Å². The lowest BCUT2D eigenvalue weighted by Gasteiger charge is -2.19. The summed E-state index contributed by atoms with van der Waals surface area (Å²) in [6, 6.07) is 4.71. The molecule has 126 valence electrons. The molecular weight excluding hydrogens is 308 g/mol. The average Bonchev–Trinajstić information content (AvgIpc) is 2.96. The van der Waals surface area contributed by atoms with E-state index in [4.69, 9.17) is 4.74 Å². The van der Waals surface area contributed by atoms with Crippen molar-refractivity contribution in [2.24, 2.45) is 0 Å². The van der Waals surface area contributed by atoms with Gasteiger partial charge in [-0.25, -0.2) is 13.6 Å². The van der Waals surface area contributed by atoms with Gasteiger partial charge < -0.3 is 14.4 Å². The van der Waals surface area contributed by atoms with Gasteiger partial charge in [0.25, 0.3) is 0 Å². The van der Waals surface area contributed by atoms with E-state index in [2.05, 4.69) is 4.74 Å². The number of hydrogen-bond acceptors (Lipinski definition) is 4. The summed E-state index contributed by atoms with van der Waals surface area (Å²) in [5, 5.41) is 0. The van der Waals surface area contributed by atoms with E-state index >= 15 is 0 Å². The molecule has 5 nitrogen and oxygen atoms in total. The number of alkyl halides is 1. The SMILES string of the molecule is COC(=O)C1(F)CCN(C(=O)CCc2cccc(OC)c2F)C1. The Balaban J connectivity index is 1.95. The molecule has 2 rings (SSSR count).